The van der Waals surface area contributed by atoms with Gasteiger partial charge in [-0.1, -0.05) is 69.3 Å². The van der Waals surface area contributed by atoms with Crippen LogP contribution in [0.2, 0.25) is 0 Å². The molecular formula is C30H31NO3. The minimum atomic E-state index is -0.722. The zero-order valence-electron chi connectivity index (χ0n) is 20.6. The van der Waals surface area contributed by atoms with E-state index in [2.05, 4.69) is 20.8 Å². The van der Waals surface area contributed by atoms with Crippen LogP contribution in [0.4, 0.5) is 5.69 Å². The van der Waals surface area contributed by atoms with Gasteiger partial charge in [0.2, 0.25) is 0 Å². The maximum atomic E-state index is 13.4. The molecule has 1 amide bonds. The molecule has 0 aromatic heterocycles. The molecule has 1 fully saturated rings. The topological polar surface area (TPSA) is 57.6 Å². The Labute approximate surface area is 201 Å². The SMILES string of the molecule is Cc1cc(C)cc(N2C(=O)C(=O)/C(=C(/O)c3cc(C(C)(C)C)ccc3C)C2c2ccccc2)c1. The van der Waals surface area contributed by atoms with Crippen LogP contribution in [0.5, 0.6) is 0 Å². The molecule has 1 N–H and O–H groups in total. The summed E-state index contributed by atoms with van der Waals surface area (Å²) in [5, 5.41) is 11.6. The lowest BCUT2D eigenvalue weighted by Gasteiger charge is -2.26. The first-order chi connectivity index (χ1) is 16.0. The Morgan fingerprint density at radius 1 is 0.853 bits per heavy atom. The average molecular weight is 454 g/mol. The zero-order chi connectivity index (χ0) is 24.8. The first-order valence-electron chi connectivity index (χ1n) is 11.5. The molecule has 0 saturated carbocycles. The Morgan fingerprint density at radius 2 is 1.47 bits per heavy atom. The van der Waals surface area contributed by atoms with Crippen LogP contribution in [-0.2, 0) is 15.0 Å². The van der Waals surface area contributed by atoms with Gasteiger partial charge in [-0.15, -0.1) is 0 Å². The summed E-state index contributed by atoms with van der Waals surface area (Å²) in [6, 6.07) is 20.4. The average Bonchev–Trinajstić information content (AvgIpc) is 3.03. The van der Waals surface area contributed by atoms with Crippen molar-refractivity contribution in [2.45, 2.75) is 53.0 Å². The van der Waals surface area contributed by atoms with Crippen molar-refractivity contribution in [1.29, 1.82) is 0 Å². The number of hydrogen-bond donors (Lipinski definition) is 1. The molecule has 0 aliphatic carbocycles. The maximum absolute atomic E-state index is 13.4. The van der Waals surface area contributed by atoms with Gasteiger partial charge in [0, 0.05) is 11.3 Å². The normalized spacial score (nSPS) is 17.9. The number of nitrogens with zero attached hydrogens (tertiary/aromatic N) is 1. The summed E-state index contributed by atoms with van der Waals surface area (Å²) in [7, 11) is 0. The van der Waals surface area contributed by atoms with Crippen molar-refractivity contribution in [3.8, 4) is 0 Å². The van der Waals surface area contributed by atoms with Crippen LogP contribution < -0.4 is 4.90 Å². The fraction of sp³-hybridized carbons (Fsp3) is 0.267. The molecule has 0 bridgehead atoms. The van der Waals surface area contributed by atoms with Gasteiger partial charge in [-0.3, -0.25) is 14.5 Å². The van der Waals surface area contributed by atoms with Crippen LogP contribution in [0.3, 0.4) is 0 Å². The van der Waals surface area contributed by atoms with Crippen molar-refractivity contribution < 1.29 is 14.7 Å². The number of carbonyl (C=O) groups excluding carboxylic acids is 2. The molecule has 0 spiro atoms. The minimum absolute atomic E-state index is 0.115. The van der Waals surface area contributed by atoms with Crippen LogP contribution in [-0.4, -0.2) is 16.8 Å². The minimum Gasteiger partial charge on any atom is -0.507 e. The van der Waals surface area contributed by atoms with Gasteiger partial charge in [0.05, 0.1) is 11.6 Å². The fourth-order valence-electron chi connectivity index (χ4n) is 4.63. The molecule has 1 aliphatic heterocycles. The zero-order valence-corrected chi connectivity index (χ0v) is 20.6. The van der Waals surface area contributed by atoms with E-state index >= 15 is 0 Å². The van der Waals surface area contributed by atoms with E-state index in [1.54, 1.807) is 0 Å². The van der Waals surface area contributed by atoms with Gasteiger partial charge in [-0.25, -0.2) is 0 Å². The largest absolute Gasteiger partial charge is 0.507 e. The van der Waals surface area contributed by atoms with Crippen LogP contribution in [0.15, 0.2) is 72.3 Å². The highest BCUT2D eigenvalue weighted by Gasteiger charge is 2.47. The number of aryl methyl sites for hydroxylation is 3. The van der Waals surface area contributed by atoms with E-state index in [0.717, 1.165) is 27.8 Å². The number of Topliss-reactive ketones (excluding diaryl/α,β-unsaturated/α-hetero) is 1. The number of anilines is 1. The molecule has 1 heterocycles. The van der Waals surface area contributed by atoms with E-state index in [1.807, 2.05) is 87.5 Å². The van der Waals surface area contributed by atoms with Gasteiger partial charge in [0.25, 0.3) is 11.7 Å². The van der Waals surface area contributed by atoms with Crippen molar-refractivity contribution in [1.82, 2.24) is 0 Å². The van der Waals surface area contributed by atoms with Crippen LogP contribution in [0, 0.1) is 20.8 Å². The van der Waals surface area contributed by atoms with E-state index in [9.17, 15) is 14.7 Å². The first kappa shape index (κ1) is 23.5. The summed E-state index contributed by atoms with van der Waals surface area (Å²) in [5.74, 6) is -1.45. The summed E-state index contributed by atoms with van der Waals surface area (Å²) < 4.78 is 0. The Morgan fingerprint density at radius 3 is 2.06 bits per heavy atom. The third kappa shape index (κ3) is 4.16. The number of amides is 1. The Bertz CT molecular complexity index is 1290. The highest BCUT2D eigenvalue weighted by molar-refractivity contribution is 6.51. The number of benzene rings is 3. The Balaban J connectivity index is 1.99. The van der Waals surface area contributed by atoms with Gasteiger partial charge in [-0.2, -0.15) is 0 Å². The van der Waals surface area contributed by atoms with E-state index in [-0.39, 0.29) is 16.7 Å². The second-order valence-corrected chi connectivity index (χ2v) is 10.2. The third-order valence-corrected chi connectivity index (χ3v) is 6.40. The summed E-state index contributed by atoms with van der Waals surface area (Å²) in [6.45, 7) is 12.1. The van der Waals surface area contributed by atoms with Crippen molar-refractivity contribution in [3.05, 3.63) is 106 Å². The molecule has 1 aliphatic rings. The summed E-state index contributed by atoms with van der Waals surface area (Å²) >= 11 is 0. The molecule has 3 aromatic carbocycles. The highest BCUT2D eigenvalue weighted by atomic mass is 16.3. The molecule has 34 heavy (non-hydrogen) atoms. The Kier molecular flexibility index (Phi) is 5.94. The maximum Gasteiger partial charge on any atom is 0.300 e. The molecule has 1 unspecified atom stereocenters. The summed E-state index contributed by atoms with van der Waals surface area (Å²) in [6.07, 6.45) is 0. The number of ketones is 1. The number of hydrogen-bond acceptors (Lipinski definition) is 3. The lowest BCUT2D eigenvalue weighted by atomic mass is 9.84. The quantitative estimate of drug-likeness (QED) is 0.278. The van der Waals surface area contributed by atoms with Crippen molar-refractivity contribution in [2.75, 3.05) is 4.90 Å². The fourth-order valence-corrected chi connectivity index (χ4v) is 4.63. The van der Waals surface area contributed by atoms with Gasteiger partial charge in [0.1, 0.15) is 5.76 Å². The van der Waals surface area contributed by atoms with Crippen LogP contribution in [0.1, 0.15) is 60.2 Å². The predicted molar refractivity (Wildman–Crippen MR) is 137 cm³/mol. The number of aliphatic hydroxyl groups is 1. The van der Waals surface area contributed by atoms with Crippen molar-refractivity contribution in [2.24, 2.45) is 0 Å². The third-order valence-electron chi connectivity index (χ3n) is 6.40. The summed E-state index contributed by atoms with van der Waals surface area (Å²) in [5.41, 5.74) is 5.85. The lowest BCUT2D eigenvalue weighted by Crippen LogP contribution is -2.29. The first-order valence-corrected chi connectivity index (χ1v) is 11.5. The number of aliphatic hydroxyl groups excluding tert-OH is 1. The van der Waals surface area contributed by atoms with Gasteiger partial charge >= 0.3 is 0 Å². The van der Waals surface area contributed by atoms with Crippen molar-refractivity contribution >= 4 is 23.1 Å². The van der Waals surface area contributed by atoms with E-state index in [1.165, 1.54) is 4.90 Å². The number of carbonyl (C=O) groups is 2. The number of rotatable bonds is 3. The molecule has 3 aromatic rings. The second kappa shape index (κ2) is 8.60. The smallest absolute Gasteiger partial charge is 0.300 e. The van der Waals surface area contributed by atoms with Gasteiger partial charge < -0.3 is 5.11 Å². The molecule has 1 atom stereocenters. The molecule has 174 valence electrons. The molecular weight excluding hydrogens is 422 g/mol. The molecule has 0 radical (unpaired) electrons. The molecule has 4 heteroatoms. The second-order valence-electron chi connectivity index (χ2n) is 10.2. The van der Waals surface area contributed by atoms with Crippen molar-refractivity contribution in [3.63, 3.8) is 0 Å². The van der Waals surface area contributed by atoms with E-state index in [0.29, 0.717) is 11.3 Å². The summed E-state index contributed by atoms with van der Waals surface area (Å²) in [4.78, 5) is 28.4. The lowest BCUT2D eigenvalue weighted by molar-refractivity contribution is -0.132. The Hall–Kier alpha value is -3.66. The predicted octanol–water partition coefficient (Wildman–Crippen LogP) is 6.54. The van der Waals surface area contributed by atoms with Gasteiger partial charge in [0.15, 0.2) is 0 Å². The van der Waals surface area contributed by atoms with Gasteiger partial charge in [-0.05, 0) is 72.2 Å². The molecule has 1 saturated heterocycles. The monoisotopic (exact) mass is 453 g/mol. The standard InChI is InChI=1S/C30H31NO3/c1-18-14-19(2)16-23(15-18)31-26(21-10-8-7-9-11-21)25(28(33)29(31)34)27(32)24-17-22(30(4,5)6)13-12-20(24)3/h7-17,26,32H,1-6H3/b27-25+. The van der Waals surface area contributed by atoms with E-state index in [4.69, 9.17) is 0 Å². The molecule has 4 nitrogen and oxygen atoms in total. The van der Waals surface area contributed by atoms with Crippen LogP contribution in [0.25, 0.3) is 5.76 Å². The van der Waals surface area contributed by atoms with E-state index < -0.39 is 17.7 Å². The highest BCUT2D eigenvalue weighted by Crippen LogP contribution is 2.43. The molecule has 4 rings (SSSR count). The van der Waals surface area contributed by atoms with Crippen LogP contribution >= 0.6 is 0 Å².